The number of aliphatic hydroxyl groups excluding tert-OH is 1. The molecule has 66 valence electrons. The molecule has 0 aromatic carbocycles. The zero-order valence-corrected chi connectivity index (χ0v) is 7.16. The van der Waals surface area contributed by atoms with Gasteiger partial charge in [0.1, 0.15) is 0 Å². The molecule has 1 rings (SSSR count). The third-order valence-electron chi connectivity index (χ3n) is 2.55. The second-order valence-corrected chi connectivity index (χ2v) is 3.38. The molecule has 11 heavy (non-hydrogen) atoms. The summed E-state index contributed by atoms with van der Waals surface area (Å²) < 4.78 is 5.42. The molecule has 3 unspecified atom stereocenters. The summed E-state index contributed by atoms with van der Waals surface area (Å²) >= 11 is 0. The summed E-state index contributed by atoms with van der Waals surface area (Å²) in [6, 6.07) is -0.116. The highest BCUT2D eigenvalue weighted by molar-refractivity contribution is 4.82. The molecule has 0 bridgehead atoms. The minimum absolute atomic E-state index is 0.116. The van der Waals surface area contributed by atoms with E-state index in [2.05, 4.69) is 0 Å². The maximum absolute atomic E-state index is 9.59. The Kier molecular flexibility index (Phi) is 2.87. The van der Waals surface area contributed by atoms with Crippen molar-refractivity contribution in [3.63, 3.8) is 0 Å². The zero-order valence-electron chi connectivity index (χ0n) is 7.16. The molecule has 1 fully saturated rings. The van der Waals surface area contributed by atoms with Crippen molar-refractivity contribution in [3.8, 4) is 0 Å². The zero-order chi connectivity index (χ0) is 8.43. The predicted octanol–water partition coefficient (Wildman–Crippen LogP) is 0.119. The van der Waals surface area contributed by atoms with Gasteiger partial charge in [-0.15, -0.1) is 0 Å². The van der Waals surface area contributed by atoms with E-state index in [1.807, 2.05) is 13.8 Å². The predicted molar refractivity (Wildman–Crippen MR) is 43.2 cm³/mol. The molecule has 3 N–H and O–H groups in total. The van der Waals surface area contributed by atoms with Crippen LogP contribution < -0.4 is 5.73 Å². The van der Waals surface area contributed by atoms with Crippen molar-refractivity contribution in [1.29, 1.82) is 0 Å². The number of nitrogens with two attached hydrogens (primary N) is 1. The average molecular weight is 159 g/mol. The molecule has 1 aliphatic heterocycles. The van der Waals surface area contributed by atoms with Gasteiger partial charge in [0.2, 0.25) is 0 Å². The van der Waals surface area contributed by atoms with Crippen molar-refractivity contribution in [2.24, 2.45) is 11.7 Å². The second kappa shape index (κ2) is 3.52. The normalized spacial score (nSPS) is 46.9. The summed E-state index contributed by atoms with van der Waals surface area (Å²) in [5, 5.41) is 9.59. The lowest BCUT2D eigenvalue weighted by Gasteiger charge is -2.23. The maximum Gasteiger partial charge on any atom is 0.0742 e. The molecule has 3 heteroatoms. The van der Waals surface area contributed by atoms with E-state index in [1.54, 1.807) is 0 Å². The van der Waals surface area contributed by atoms with Gasteiger partial charge in [-0.2, -0.15) is 0 Å². The first-order chi connectivity index (χ1) is 5.13. The average Bonchev–Trinajstić information content (AvgIpc) is 2.07. The summed E-state index contributed by atoms with van der Waals surface area (Å²) in [4.78, 5) is 0. The van der Waals surface area contributed by atoms with Crippen LogP contribution in [0.25, 0.3) is 0 Å². The van der Waals surface area contributed by atoms with Gasteiger partial charge in [0, 0.05) is 18.6 Å². The van der Waals surface area contributed by atoms with Crippen LogP contribution in [0.1, 0.15) is 20.3 Å². The minimum atomic E-state index is -0.410. The van der Waals surface area contributed by atoms with Crippen molar-refractivity contribution in [2.75, 3.05) is 6.61 Å². The molecule has 0 saturated carbocycles. The molecule has 1 aliphatic rings. The first kappa shape index (κ1) is 8.97. The van der Waals surface area contributed by atoms with Crippen molar-refractivity contribution < 1.29 is 9.84 Å². The highest BCUT2D eigenvalue weighted by atomic mass is 16.5. The largest absolute Gasteiger partial charge is 0.391 e. The molecule has 0 radical (unpaired) electrons. The molecule has 0 spiro atoms. The van der Waals surface area contributed by atoms with Gasteiger partial charge in [-0.1, -0.05) is 6.92 Å². The fraction of sp³-hybridized carbons (Fsp3) is 1.00. The molecule has 1 saturated heterocycles. The molecule has 4 atom stereocenters. The number of hydrogen-bond donors (Lipinski definition) is 2. The maximum atomic E-state index is 9.59. The van der Waals surface area contributed by atoms with E-state index in [0.29, 0.717) is 6.61 Å². The summed E-state index contributed by atoms with van der Waals surface area (Å²) in [6.45, 7) is 4.62. The second-order valence-electron chi connectivity index (χ2n) is 3.38. The van der Waals surface area contributed by atoms with E-state index in [-0.39, 0.29) is 18.1 Å². The van der Waals surface area contributed by atoms with Crippen molar-refractivity contribution in [3.05, 3.63) is 0 Å². The summed E-state index contributed by atoms with van der Waals surface area (Å²) in [5.41, 5.74) is 5.70. The van der Waals surface area contributed by atoms with E-state index in [9.17, 15) is 5.11 Å². The highest BCUT2D eigenvalue weighted by Crippen LogP contribution is 2.19. The van der Waals surface area contributed by atoms with Gasteiger partial charge in [0.25, 0.3) is 0 Å². The Hall–Kier alpha value is -0.120. The van der Waals surface area contributed by atoms with Gasteiger partial charge >= 0.3 is 0 Å². The Labute approximate surface area is 67.5 Å². The van der Waals surface area contributed by atoms with E-state index in [0.717, 1.165) is 6.42 Å². The standard InChI is InChI=1S/C8H17NO2/c1-5-6(2)11-4-3-7(9)8(5)10/h5-8,10H,3-4,9H2,1-2H3/t5?,6-,7?,8?/m0/s1. The number of ether oxygens (including phenoxy) is 1. The topological polar surface area (TPSA) is 55.5 Å². The third-order valence-corrected chi connectivity index (χ3v) is 2.55. The van der Waals surface area contributed by atoms with Crippen molar-refractivity contribution in [2.45, 2.75) is 38.5 Å². The first-order valence-electron chi connectivity index (χ1n) is 4.18. The Morgan fingerprint density at radius 2 is 2.09 bits per heavy atom. The monoisotopic (exact) mass is 159 g/mol. The molecular formula is C8H17NO2. The quantitative estimate of drug-likeness (QED) is 0.528. The lowest BCUT2D eigenvalue weighted by atomic mass is 9.94. The lowest BCUT2D eigenvalue weighted by Crippen LogP contribution is -2.40. The van der Waals surface area contributed by atoms with Gasteiger partial charge in [-0.05, 0) is 13.3 Å². The Bertz CT molecular complexity index is 115. The van der Waals surface area contributed by atoms with Crippen molar-refractivity contribution in [1.82, 2.24) is 0 Å². The Morgan fingerprint density at radius 3 is 2.73 bits per heavy atom. The van der Waals surface area contributed by atoms with E-state index in [1.165, 1.54) is 0 Å². The minimum Gasteiger partial charge on any atom is -0.391 e. The van der Waals surface area contributed by atoms with Gasteiger partial charge in [0.15, 0.2) is 0 Å². The van der Waals surface area contributed by atoms with Crippen LogP contribution in [0, 0.1) is 5.92 Å². The Morgan fingerprint density at radius 1 is 1.45 bits per heavy atom. The lowest BCUT2D eigenvalue weighted by molar-refractivity contribution is 0.00563. The van der Waals surface area contributed by atoms with Crippen LogP contribution in [0.5, 0.6) is 0 Å². The number of rotatable bonds is 0. The Balaban J connectivity index is 2.58. The summed E-state index contributed by atoms with van der Waals surface area (Å²) in [6.07, 6.45) is 0.474. The van der Waals surface area contributed by atoms with Crippen molar-refractivity contribution >= 4 is 0 Å². The molecule has 1 heterocycles. The number of hydrogen-bond acceptors (Lipinski definition) is 3. The van der Waals surface area contributed by atoms with Crippen LogP contribution in [-0.4, -0.2) is 30.0 Å². The van der Waals surface area contributed by atoms with Crippen LogP contribution in [0.15, 0.2) is 0 Å². The molecule has 0 aromatic rings. The molecular weight excluding hydrogens is 142 g/mol. The van der Waals surface area contributed by atoms with E-state index < -0.39 is 6.10 Å². The van der Waals surface area contributed by atoms with Gasteiger partial charge < -0.3 is 15.6 Å². The summed E-state index contributed by atoms with van der Waals surface area (Å²) in [7, 11) is 0. The van der Waals surface area contributed by atoms with Crippen LogP contribution in [0.2, 0.25) is 0 Å². The van der Waals surface area contributed by atoms with E-state index in [4.69, 9.17) is 10.5 Å². The van der Waals surface area contributed by atoms with Gasteiger partial charge in [-0.3, -0.25) is 0 Å². The molecule has 0 amide bonds. The van der Waals surface area contributed by atoms with Crippen LogP contribution in [0.3, 0.4) is 0 Å². The molecule has 0 aromatic heterocycles. The van der Waals surface area contributed by atoms with Crippen LogP contribution in [-0.2, 0) is 4.74 Å². The van der Waals surface area contributed by atoms with Crippen LogP contribution >= 0.6 is 0 Å². The van der Waals surface area contributed by atoms with Gasteiger partial charge in [-0.25, -0.2) is 0 Å². The van der Waals surface area contributed by atoms with E-state index >= 15 is 0 Å². The first-order valence-corrected chi connectivity index (χ1v) is 4.18. The molecule has 3 nitrogen and oxygen atoms in total. The number of aliphatic hydroxyl groups is 1. The SMILES string of the molecule is CC1C(O)C(N)CCO[C@H]1C. The molecule has 0 aliphatic carbocycles. The van der Waals surface area contributed by atoms with Gasteiger partial charge in [0.05, 0.1) is 12.2 Å². The fourth-order valence-electron chi connectivity index (χ4n) is 1.38. The fourth-order valence-corrected chi connectivity index (χ4v) is 1.38. The highest BCUT2D eigenvalue weighted by Gasteiger charge is 2.29. The third kappa shape index (κ3) is 1.92. The van der Waals surface area contributed by atoms with Crippen LogP contribution in [0.4, 0.5) is 0 Å². The summed E-state index contributed by atoms with van der Waals surface area (Å²) in [5.74, 6) is 0.146. The smallest absolute Gasteiger partial charge is 0.0742 e.